The third-order valence-corrected chi connectivity index (χ3v) is 4.20. The van der Waals surface area contributed by atoms with E-state index in [0.717, 1.165) is 38.2 Å². The first-order valence-corrected chi connectivity index (χ1v) is 6.53. The number of hydrogen-bond donors (Lipinski definition) is 0. The molecule has 2 nitrogen and oxygen atoms in total. The summed E-state index contributed by atoms with van der Waals surface area (Å²) in [6.45, 7) is 4.49. The topological polar surface area (TPSA) is 15.8 Å². The summed E-state index contributed by atoms with van der Waals surface area (Å²) in [4.78, 5) is 1.55. The zero-order valence-corrected chi connectivity index (χ0v) is 10.8. The Balaban J connectivity index is 1.71. The normalized spacial score (nSPS) is 35.6. The van der Waals surface area contributed by atoms with Gasteiger partial charge in [-0.05, 0) is 25.8 Å². The van der Waals surface area contributed by atoms with Gasteiger partial charge in [-0.25, -0.2) is 4.39 Å². The molecule has 2 heterocycles. The molecule has 1 atom stereocenters. The lowest BCUT2D eigenvalue weighted by Crippen LogP contribution is -2.38. The molecule has 17 heavy (non-hydrogen) atoms. The van der Waals surface area contributed by atoms with Gasteiger partial charge in [-0.2, -0.15) is 0 Å². The molecule has 1 aliphatic carbocycles. The van der Waals surface area contributed by atoms with E-state index in [0.29, 0.717) is 6.42 Å². The Labute approximate surface area is 106 Å². The molecule has 0 bridgehead atoms. The molecule has 3 aliphatic rings. The quantitative estimate of drug-likeness (QED) is 0.530. The van der Waals surface area contributed by atoms with Crippen LogP contribution in [0.3, 0.4) is 0 Å². The maximum absolute atomic E-state index is 14.0. The minimum absolute atomic E-state index is 0.0855. The van der Waals surface area contributed by atoms with Crippen molar-refractivity contribution in [1.82, 2.24) is 4.90 Å². The number of piperidine rings is 1. The molecule has 1 spiro atoms. The molecule has 0 radical (unpaired) electrons. The van der Waals surface area contributed by atoms with Gasteiger partial charge in [-0.3, -0.25) is 0 Å². The highest BCUT2D eigenvalue weighted by molar-refractivity contribution is 6.25. The van der Waals surface area contributed by atoms with Gasteiger partial charge in [0.05, 0.1) is 22.8 Å². The molecule has 0 saturated carbocycles. The summed E-state index contributed by atoms with van der Waals surface area (Å²) >= 11 is 6.13. The first kappa shape index (κ1) is 11.5. The molecule has 3 rings (SSSR count). The van der Waals surface area contributed by atoms with E-state index >= 15 is 0 Å². The lowest BCUT2D eigenvalue weighted by Gasteiger charge is -2.35. The van der Waals surface area contributed by atoms with Crippen molar-refractivity contribution in [3.8, 4) is 0 Å². The highest BCUT2D eigenvalue weighted by Crippen LogP contribution is 2.40. The molecule has 0 aromatic rings. The summed E-state index contributed by atoms with van der Waals surface area (Å²) in [5.74, 6) is -0.0855. The van der Waals surface area contributed by atoms with Gasteiger partial charge >= 0.3 is 0 Å². The molecule has 0 amide bonds. The van der Waals surface area contributed by atoms with Crippen molar-refractivity contribution in [3.63, 3.8) is 0 Å². The maximum Gasteiger partial charge on any atom is 0.125 e. The standard InChI is InChI=1S/C13H17ClFNO/c1-12(14)3-2-11(10(15)8-12)16-6-4-13(5-7-16)9-17-13/h2-3H,4-9H2,1H3. The molecule has 2 saturated heterocycles. The second kappa shape index (κ2) is 3.72. The number of nitrogens with zero attached hydrogens (tertiary/aromatic N) is 1. The molecule has 2 fully saturated rings. The first-order chi connectivity index (χ1) is 8.00. The molecule has 2 aliphatic heterocycles. The monoisotopic (exact) mass is 257 g/mol. The summed E-state index contributed by atoms with van der Waals surface area (Å²) in [6, 6.07) is 0. The Morgan fingerprint density at radius 2 is 2.06 bits per heavy atom. The van der Waals surface area contributed by atoms with Gasteiger partial charge in [0.15, 0.2) is 0 Å². The Morgan fingerprint density at radius 1 is 1.41 bits per heavy atom. The van der Waals surface area contributed by atoms with Crippen molar-refractivity contribution in [2.45, 2.75) is 36.7 Å². The summed E-state index contributed by atoms with van der Waals surface area (Å²) in [6.07, 6.45) is 6.03. The number of halogens is 2. The number of hydrogen-bond acceptors (Lipinski definition) is 2. The first-order valence-electron chi connectivity index (χ1n) is 6.16. The summed E-state index contributed by atoms with van der Waals surface area (Å²) in [5, 5.41) is 0. The average molecular weight is 258 g/mol. The van der Waals surface area contributed by atoms with Crippen LogP contribution in [0.25, 0.3) is 0 Å². The van der Waals surface area contributed by atoms with Gasteiger partial charge in [0, 0.05) is 19.5 Å². The van der Waals surface area contributed by atoms with Gasteiger partial charge in [-0.15, -0.1) is 11.6 Å². The highest BCUT2D eigenvalue weighted by Gasteiger charge is 2.47. The van der Waals surface area contributed by atoms with Gasteiger partial charge in [0.25, 0.3) is 0 Å². The van der Waals surface area contributed by atoms with Gasteiger partial charge in [0.1, 0.15) is 5.83 Å². The van der Waals surface area contributed by atoms with Crippen LogP contribution in [0, 0.1) is 0 Å². The van der Waals surface area contributed by atoms with E-state index < -0.39 is 4.87 Å². The molecular weight excluding hydrogens is 241 g/mol. The third-order valence-electron chi connectivity index (χ3n) is 3.94. The third kappa shape index (κ3) is 2.23. The fourth-order valence-electron chi connectivity index (χ4n) is 2.62. The Kier molecular flexibility index (Phi) is 2.53. The summed E-state index contributed by atoms with van der Waals surface area (Å²) < 4.78 is 19.5. The van der Waals surface area contributed by atoms with E-state index in [4.69, 9.17) is 16.3 Å². The van der Waals surface area contributed by atoms with Gasteiger partial charge in [-0.1, -0.05) is 6.08 Å². The second-order valence-electron chi connectivity index (χ2n) is 5.54. The molecular formula is C13H17ClFNO. The molecule has 94 valence electrons. The van der Waals surface area contributed by atoms with Crippen molar-refractivity contribution >= 4 is 11.6 Å². The Bertz CT molecular complexity index is 388. The zero-order valence-electron chi connectivity index (χ0n) is 10.0. The SMILES string of the molecule is CC1(Cl)C=CC(N2CCC3(CC2)CO3)=C(F)C1. The van der Waals surface area contributed by atoms with Crippen LogP contribution in [-0.2, 0) is 4.74 Å². The molecule has 4 heteroatoms. The predicted octanol–water partition coefficient (Wildman–Crippen LogP) is 2.99. The van der Waals surface area contributed by atoms with Crippen molar-refractivity contribution in [2.75, 3.05) is 19.7 Å². The molecule has 0 aromatic heterocycles. The molecule has 1 unspecified atom stereocenters. The van der Waals surface area contributed by atoms with Gasteiger partial charge < -0.3 is 9.64 Å². The number of allylic oxidation sites excluding steroid dienone is 3. The number of epoxide rings is 1. The number of likely N-dealkylation sites (tertiary alicyclic amines) is 1. The fraction of sp³-hybridized carbons (Fsp3) is 0.692. The fourth-order valence-corrected chi connectivity index (χ4v) is 2.80. The minimum atomic E-state index is -0.565. The minimum Gasteiger partial charge on any atom is -0.369 e. The lowest BCUT2D eigenvalue weighted by atomic mass is 9.94. The van der Waals surface area contributed by atoms with E-state index in [1.54, 1.807) is 0 Å². The van der Waals surface area contributed by atoms with E-state index in [-0.39, 0.29) is 11.4 Å². The number of ether oxygens (including phenoxy) is 1. The van der Waals surface area contributed by atoms with E-state index in [1.807, 2.05) is 19.1 Å². The van der Waals surface area contributed by atoms with Crippen LogP contribution in [0.15, 0.2) is 23.7 Å². The van der Waals surface area contributed by atoms with Crippen LogP contribution >= 0.6 is 11.6 Å². The maximum atomic E-state index is 14.0. The zero-order chi connectivity index (χ0) is 12.1. The highest BCUT2D eigenvalue weighted by atomic mass is 35.5. The van der Waals surface area contributed by atoms with Crippen LogP contribution in [0.2, 0.25) is 0 Å². The lowest BCUT2D eigenvalue weighted by molar-refractivity contribution is 0.173. The van der Waals surface area contributed by atoms with Crippen LogP contribution < -0.4 is 0 Å². The average Bonchev–Trinajstić information content (AvgIpc) is 2.99. The summed E-state index contributed by atoms with van der Waals surface area (Å²) in [7, 11) is 0. The number of alkyl halides is 1. The van der Waals surface area contributed by atoms with Crippen molar-refractivity contribution in [1.29, 1.82) is 0 Å². The summed E-state index contributed by atoms with van der Waals surface area (Å²) in [5.41, 5.74) is 0.867. The van der Waals surface area contributed by atoms with Crippen LogP contribution in [0.4, 0.5) is 4.39 Å². The second-order valence-corrected chi connectivity index (χ2v) is 6.40. The predicted molar refractivity (Wildman–Crippen MR) is 65.6 cm³/mol. The van der Waals surface area contributed by atoms with Crippen LogP contribution in [0.5, 0.6) is 0 Å². The molecule has 0 N–H and O–H groups in total. The largest absolute Gasteiger partial charge is 0.369 e. The van der Waals surface area contributed by atoms with Crippen molar-refractivity contribution in [2.24, 2.45) is 0 Å². The molecule has 0 aromatic carbocycles. The van der Waals surface area contributed by atoms with E-state index in [1.165, 1.54) is 0 Å². The van der Waals surface area contributed by atoms with Crippen molar-refractivity contribution in [3.05, 3.63) is 23.7 Å². The van der Waals surface area contributed by atoms with Crippen LogP contribution in [-0.4, -0.2) is 35.1 Å². The van der Waals surface area contributed by atoms with Crippen LogP contribution in [0.1, 0.15) is 26.2 Å². The Hall–Kier alpha value is -0.540. The Morgan fingerprint density at radius 3 is 2.59 bits per heavy atom. The van der Waals surface area contributed by atoms with Crippen molar-refractivity contribution < 1.29 is 9.13 Å². The van der Waals surface area contributed by atoms with E-state index in [2.05, 4.69) is 4.90 Å². The smallest absolute Gasteiger partial charge is 0.125 e. The van der Waals surface area contributed by atoms with E-state index in [9.17, 15) is 4.39 Å². The van der Waals surface area contributed by atoms with Gasteiger partial charge in [0.2, 0.25) is 0 Å². The number of rotatable bonds is 1.